The summed E-state index contributed by atoms with van der Waals surface area (Å²) in [6.07, 6.45) is 4.74. The van der Waals surface area contributed by atoms with E-state index in [1.54, 1.807) is 0 Å². The summed E-state index contributed by atoms with van der Waals surface area (Å²) in [7, 11) is -4.15. The molecule has 2 aromatic rings. The van der Waals surface area contributed by atoms with E-state index in [-0.39, 0.29) is 4.90 Å². The van der Waals surface area contributed by atoms with E-state index in [0.29, 0.717) is 0 Å². The van der Waals surface area contributed by atoms with Gasteiger partial charge in [-0.3, -0.25) is 4.55 Å². The van der Waals surface area contributed by atoms with Gasteiger partial charge in [0, 0.05) is 0 Å². The monoisotopic (exact) mass is 246 g/mol. The van der Waals surface area contributed by atoms with Crippen molar-refractivity contribution in [2.75, 3.05) is 0 Å². The van der Waals surface area contributed by atoms with Gasteiger partial charge in [-0.1, -0.05) is 30.4 Å². The molecule has 0 saturated carbocycles. The van der Waals surface area contributed by atoms with Crippen LogP contribution in [0.25, 0.3) is 16.8 Å². The molecule has 1 aliphatic rings. The molecular weight excluding hydrogens is 236 g/mol. The summed E-state index contributed by atoms with van der Waals surface area (Å²) < 4.78 is 31.5. The topological polar surface area (TPSA) is 54.4 Å². The quantitative estimate of drug-likeness (QED) is 0.787. The summed E-state index contributed by atoms with van der Waals surface area (Å²) in [6, 6.07) is 8.81. The van der Waals surface area contributed by atoms with Crippen LogP contribution in [0.1, 0.15) is 11.1 Å². The van der Waals surface area contributed by atoms with E-state index in [1.807, 2.05) is 30.4 Å². The predicted molar refractivity (Wildman–Crippen MR) is 66.5 cm³/mol. The fraction of sp³-hybridized carbons (Fsp3) is 0.0769. The lowest BCUT2D eigenvalue weighted by atomic mass is 9.93. The molecule has 1 aliphatic carbocycles. The fourth-order valence-electron chi connectivity index (χ4n) is 2.28. The zero-order chi connectivity index (χ0) is 12.0. The van der Waals surface area contributed by atoms with Crippen molar-refractivity contribution in [1.29, 1.82) is 0 Å². The third kappa shape index (κ3) is 1.66. The zero-order valence-corrected chi connectivity index (χ0v) is 9.74. The zero-order valence-electron chi connectivity index (χ0n) is 8.92. The molecule has 0 radical (unpaired) electrons. The van der Waals surface area contributed by atoms with Gasteiger partial charge in [0.15, 0.2) is 0 Å². The van der Waals surface area contributed by atoms with Crippen molar-refractivity contribution in [3.05, 3.63) is 47.5 Å². The molecule has 0 bridgehead atoms. The average molecular weight is 246 g/mol. The van der Waals surface area contributed by atoms with Crippen LogP contribution in [0, 0.1) is 0 Å². The first-order chi connectivity index (χ1) is 8.05. The summed E-state index contributed by atoms with van der Waals surface area (Å²) in [6.45, 7) is 0. The maximum Gasteiger partial charge on any atom is 0.294 e. The molecule has 86 valence electrons. The van der Waals surface area contributed by atoms with E-state index < -0.39 is 10.1 Å². The highest BCUT2D eigenvalue weighted by Crippen LogP contribution is 2.30. The van der Waals surface area contributed by atoms with E-state index in [0.717, 1.165) is 22.8 Å². The molecule has 0 aromatic heterocycles. The smallest absolute Gasteiger partial charge is 0.282 e. The molecular formula is C13H10O3S. The molecule has 0 unspecified atom stereocenters. The first-order valence-corrected chi connectivity index (χ1v) is 6.69. The molecule has 3 rings (SSSR count). The number of hydrogen-bond donors (Lipinski definition) is 1. The van der Waals surface area contributed by atoms with Crippen molar-refractivity contribution < 1.29 is 13.0 Å². The number of benzene rings is 2. The van der Waals surface area contributed by atoms with Crippen molar-refractivity contribution in [1.82, 2.24) is 0 Å². The normalized spacial score (nSPS) is 14.2. The number of rotatable bonds is 1. The van der Waals surface area contributed by atoms with Crippen LogP contribution in [0.4, 0.5) is 0 Å². The van der Waals surface area contributed by atoms with Gasteiger partial charge in [0.25, 0.3) is 10.1 Å². The molecule has 2 aromatic carbocycles. The molecule has 4 heteroatoms. The van der Waals surface area contributed by atoms with Crippen LogP contribution in [0.2, 0.25) is 0 Å². The van der Waals surface area contributed by atoms with Crippen LogP contribution in [0.3, 0.4) is 0 Å². The molecule has 1 N–H and O–H groups in total. The lowest BCUT2D eigenvalue weighted by Crippen LogP contribution is -2.01. The van der Waals surface area contributed by atoms with Crippen LogP contribution in [0.5, 0.6) is 0 Å². The van der Waals surface area contributed by atoms with Gasteiger partial charge >= 0.3 is 0 Å². The molecule has 0 spiro atoms. The standard InChI is InChI=1S/C13H10O3S/c14-17(15,16)12-7-10-5-1-3-9-4-2-6-11(8-12)13(9)10/h1-3,5-8H,4H2,(H,14,15,16). The summed E-state index contributed by atoms with van der Waals surface area (Å²) in [5.41, 5.74) is 2.03. The van der Waals surface area contributed by atoms with Gasteiger partial charge in [-0.25, -0.2) is 0 Å². The van der Waals surface area contributed by atoms with Gasteiger partial charge in [0.1, 0.15) is 0 Å². The third-order valence-corrected chi connectivity index (χ3v) is 3.83. The second-order valence-electron chi connectivity index (χ2n) is 4.11. The van der Waals surface area contributed by atoms with Gasteiger partial charge in [0.2, 0.25) is 0 Å². The van der Waals surface area contributed by atoms with Crippen LogP contribution < -0.4 is 0 Å². The predicted octanol–water partition coefficient (Wildman–Crippen LogP) is 2.66. The Bertz CT molecular complexity index is 743. The van der Waals surface area contributed by atoms with Crippen molar-refractivity contribution in [2.24, 2.45) is 0 Å². The molecule has 0 aliphatic heterocycles. The lowest BCUT2D eigenvalue weighted by molar-refractivity contribution is 0.483. The van der Waals surface area contributed by atoms with Gasteiger partial charge in [-0.15, -0.1) is 0 Å². The third-order valence-electron chi connectivity index (χ3n) is 3.00. The highest BCUT2D eigenvalue weighted by molar-refractivity contribution is 7.85. The van der Waals surface area contributed by atoms with Gasteiger partial charge in [0.05, 0.1) is 4.90 Å². The Morgan fingerprint density at radius 2 is 2.00 bits per heavy atom. The Balaban J connectivity index is 2.46. The highest BCUT2D eigenvalue weighted by Gasteiger charge is 2.15. The summed E-state index contributed by atoms with van der Waals surface area (Å²) in [5, 5.41) is 1.92. The molecule has 17 heavy (non-hydrogen) atoms. The molecule has 0 fully saturated rings. The first-order valence-electron chi connectivity index (χ1n) is 5.25. The van der Waals surface area contributed by atoms with E-state index in [2.05, 4.69) is 0 Å². The maximum absolute atomic E-state index is 11.2. The van der Waals surface area contributed by atoms with Gasteiger partial charge in [-0.2, -0.15) is 8.42 Å². The van der Waals surface area contributed by atoms with Crippen molar-refractivity contribution >= 4 is 27.0 Å². The lowest BCUT2D eigenvalue weighted by Gasteiger charge is -2.13. The van der Waals surface area contributed by atoms with Crippen molar-refractivity contribution in [2.45, 2.75) is 11.3 Å². The maximum atomic E-state index is 11.2. The second-order valence-corrected chi connectivity index (χ2v) is 5.53. The Morgan fingerprint density at radius 3 is 2.76 bits per heavy atom. The Kier molecular flexibility index (Phi) is 2.11. The van der Waals surface area contributed by atoms with E-state index in [4.69, 9.17) is 4.55 Å². The van der Waals surface area contributed by atoms with Crippen molar-refractivity contribution in [3.63, 3.8) is 0 Å². The first kappa shape index (κ1) is 10.5. The Labute approximate surface area is 99.1 Å². The fourth-order valence-corrected chi connectivity index (χ4v) is 2.83. The van der Waals surface area contributed by atoms with E-state index in [1.165, 1.54) is 17.7 Å². The van der Waals surface area contributed by atoms with Gasteiger partial charge in [-0.05, 0) is 40.5 Å². The van der Waals surface area contributed by atoms with E-state index >= 15 is 0 Å². The Morgan fingerprint density at radius 1 is 1.18 bits per heavy atom. The van der Waals surface area contributed by atoms with Crippen LogP contribution in [-0.4, -0.2) is 13.0 Å². The minimum Gasteiger partial charge on any atom is -0.282 e. The molecule has 0 amide bonds. The minimum atomic E-state index is -4.15. The second kappa shape index (κ2) is 3.42. The number of hydrogen-bond acceptors (Lipinski definition) is 2. The average Bonchev–Trinajstić information content (AvgIpc) is 2.28. The highest BCUT2D eigenvalue weighted by atomic mass is 32.2. The molecule has 0 atom stereocenters. The van der Waals surface area contributed by atoms with E-state index in [9.17, 15) is 8.42 Å². The Hall–Kier alpha value is -1.65. The van der Waals surface area contributed by atoms with Gasteiger partial charge < -0.3 is 0 Å². The largest absolute Gasteiger partial charge is 0.294 e. The van der Waals surface area contributed by atoms with Crippen LogP contribution in [-0.2, 0) is 16.5 Å². The summed E-state index contributed by atoms with van der Waals surface area (Å²) >= 11 is 0. The molecule has 0 heterocycles. The molecule has 3 nitrogen and oxygen atoms in total. The van der Waals surface area contributed by atoms with Crippen LogP contribution in [0.15, 0.2) is 41.3 Å². The minimum absolute atomic E-state index is 0.0521. The summed E-state index contributed by atoms with van der Waals surface area (Å²) in [4.78, 5) is -0.0521. The molecule has 0 saturated heterocycles. The van der Waals surface area contributed by atoms with Crippen molar-refractivity contribution in [3.8, 4) is 0 Å². The van der Waals surface area contributed by atoms with Crippen LogP contribution >= 0.6 is 0 Å². The number of allylic oxidation sites excluding steroid dienone is 1. The SMILES string of the molecule is O=S(=O)(O)c1cc2c3c(cccc3c1)CC=C2. The summed E-state index contributed by atoms with van der Waals surface area (Å²) in [5.74, 6) is 0.